The zero-order chi connectivity index (χ0) is 37.5. The molecule has 6 rings (SSSR count). The van der Waals surface area contributed by atoms with Crippen molar-refractivity contribution in [3.8, 4) is 0 Å². The van der Waals surface area contributed by atoms with Crippen LogP contribution in [0.25, 0.3) is 0 Å². The summed E-state index contributed by atoms with van der Waals surface area (Å²) in [5, 5.41) is 12.9. The van der Waals surface area contributed by atoms with Crippen LogP contribution in [0.3, 0.4) is 0 Å². The van der Waals surface area contributed by atoms with Gasteiger partial charge in [0.15, 0.2) is 11.7 Å². The SMILES string of the molecule is CC(=O)OCC12C(OC(=O)c3ccccc3)CC3C(OC(C)=O)C1(OC3(C)C)C(C)(O)CC(OC(=O)c1ccccc1)C2OC(=O)c1ccccc1. The van der Waals surface area contributed by atoms with Gasteiger partial charge in [-0.05, 0) is 63.6 Å². The predicted molar refractivity (Wildman–Crippen MR) is 183 cm³/mol. The van der Waals surface area contributed by atoms with Crippen molar-refractivity contribution in [2.75, 3.05) is 6.61 Å². The van der Waals surface area contributed by atoms with Crippen LogP contribution in [0.1, 0.15) is 78.5 Å². The predicted octanol–water partition coefficient (Wildman–Crippen LogP) is 4.87. The second-order valence-electron chi connectivity index (χ2n) is 14.4. The molecule has 274 valence electrons. The van der Waals surface area contributed by atoms with Crippen molar-refractivity contribution in [1.82, 2.24) is 0 Å². The fourth-order valence-electron chi connectivity index (χ4n) is 8.53. The minimum atomic E-state index is -2.08. The fourth-order valence-corrected chi connectivity index (χ4v) is 8.53. The molecule has 0 aromatic heterocycles. The van der Waals surface area contributed by atoms with E-state index in [4.69, 9.17) is 28.4 Å². The Hall–Kier alpha value is -5.07. The van der Waals surface area contributed by atoms with E-state index < -0.39 is 89.0 Å². The molecule has 2 bridgehead atoms. The van der Waals surface area contributed by atoms with Gasteiger partial charge in [-0.1, -0.05) is 54.6 Å². The summed E-state index contributed by atoms with van der Waals surface area (Å²) in [5.74, 6) is -4.53. The zero-order valence-electron chi connectivity index (χ0n) is 29.6. The van der Waals surface area contributed by atoms with Crippen molar-refractivity contribution in [2.45, 2.75) is 88.7 Å². The van der Waals surface area contributed by atoms with Gasteiger partial charge in [-0.2, -0.15) is 0 Å². The molecule has 8 unspecified atom stereocenters. The Bertz CT molecular complexity index is 1820. The number of carbonyl (C=O) groups is 5. The van der Waals surface area contributed by atoms with Crippen LogP contribution < -0.4 is 0 Å². The van der Waals surface area contributed by atoms with E-state index in [-0.39, 0.29) is 29.5 Å². The normalized spacial score (nSPS) is 31.3. The lowest BCUT2D eigenvalue weighted by atomic mass is 9.46. The lowest BCUT2D eigenvalue weighted by Crippen LogP contribution is -2.83. The van der Waals surface area contributed by atoms with Crippen LogP contribution in [0, 0.1) is 11.3 Å². The van der Waals surface area contributed by atoms with Crippen molar-refractivity contribution in [3.63, 3.8) is 0 Å². The molecule has 2 aliphatic carbocycles. The topological polar surface area (TPSA) is 161 Å². The Morgan fingerprint density at radius 3 is 1.63 bits per heavy atom. The summed E-state index contributed by atoms with van der Waals surface area (Å²) in [5.41, 5.74) is -6.85. The molecule has 3 aromatic rings. The van der Waals surface area contributed by atoms with Crippen molar-refractivity contribution >= 4 is 29.8 Å². The largest absolute Gasteiger partial charge is 0.465 e. The van der Waals surface area contributed by atoms with E-state index in [2.05, 4.69) is 0 Å². The van der Waals surface area contributed by atoms with Gasteiger partial charge in [-0.15, -0.1) is 0 Å². The second kappa shape index (κ2) is 13.8. The summed E-state index contributed by atoms with van der Waals surface area (Å²) >= 11 is 0. The highest BCUT2D eigenvalue weighted by molar-refractivity contribution is 5.91. The van der Waals surface area contributed by atoms with Gasteiger partial charge < -0.3 is 33.5 Å². The van der Waals surface area contributed by atoms with Crippen LogP contribution in [0.5, 0.6) is 0 Å². The third-order valence-electron chi connectivity index (χ3n) is 10.6. The molecule has 1 spiro atoms. The Morgan fingerprint density at radius 1 is 0.673 bits per heavy atom. The van der Waals surface area contributed by atoms with E-state index in [9.17, 15) is 29.1 Å². The lowest BCUT2D eigenvalue weighted by molar-refractivity contribution is -0.353. The number of ether oxygens (including phenoxy) is 6. The minimum Gasteiger partial charge on any atom is -0.465 e. The maximum Gasteiger partial charge on any atom is 0.338 e. The van der Waals surface area contributed by atoms with Crippen LogP contribution >= 0.6 is 0 Å². The van der Waals surface area contributed by atoms with Gasteiger partial charge in [0.05, 0.1) is 27.9 Å². The minimum absolute atomic E-state index is 0.0542. The maximum atomic E-state index is 14.1. The fraction of sp³-hybridized carbons (Fsp3) is 0.425. The van der Waals surface area contributed by atoms with Gasteiger partial charge in [0, 0.05) is 26.2 Å². The average Bonchev–Trinajstić information content (AvgIpc) is 3.28. The molecule has 52 heavy (non-hydrogen) atoms. The molecule has 1 saturated heterocycles. The van der Waals surface area contributed by atoms with Crippen LogP contribution in [-0.4, -0.2) is 82.8 Å². The Labute approximate surface area is 301 Å². The molecule has 1 N–H and O–H groups in total. The molecule has 1 aliphatic heterocycles. The lowest BCUT2D eigenvalue weighted by Gasteiger charge is -2.65. The van der Waals surface area contributed by atoms with Gasteiger partial charge in [-0.25, -0.2) is 14.4 Å². The average molecular weight is 715 g/mol. The number of aliphatic hydroxyl groups is 1. The molecule has 0 amide bonds. The number of benzene rings is 3. The molecule has 3 aromatic carbocycles. The summed E-state index contributed by atoms with van der Waals surface area (Å²) in [6.07, 6.45) is -6.07. The Kier molecular flexibility index (Phi) is 9.75. The Morgan fingerprint density at radius 2 is 1.15 bits per heavy atom. The molecular formula is C40H42O12. The third kappa shape index (κ3) is 6.23. The number of carbonyl (C=O) groups excluding carboxylic acids is 5. The summed E-state index contributed by atoms with van der Waals surface area (Å²) in [6, 6.07) is 24.3. The Balaban J connectivity index is 1.62. The molecule has 3 fully saturated rings. The highest BCUT2D eigenvalue weighted by Gasteiger charge is 2.86. The monoisotopic (exact) mass is 714 g/mol. The number of hydrogen-bond donors (Lipinski definition) is 1. The molecular weight excluding hydrogens is 672 g/mol. The quantitative estimate of drug-likeness (QED) is 0.237. The highest BCUT2D eigenvalue weighted by Crippen LogP contribution is 2.69. The number of fused-ring (bicyclic) bond motifs is 1. The highest BCUT2D eigenvalue weighted by atomic mass is 16.6. The summed E-state index contributed by atoms with van der Waals surface area (Å²) in [7, 11) is 0. The van der Waals surface area contributed by atoms with E-state index in [1.807, 2.05) is 0 Å². The molecule has 0 radical (unpaired) electrons. The molecule has 12 heteroatoms. The number of esters is 5. The first kappa shape index (κ1) is 36.7. The van der Waals surface area contributed by atoms with E-state index in [0.29, 0.717) is 0 Å². The van der Waals surface area contributed by atoms with Crippen LogP contribution in [-0.2, 0) is 38.0 Å². The van der Waals surface area contributed by atoms with Crippen molar-refractivity contribution < 1.29 is 57.5 Å². The zero-order valence-corrected chi connectivity index (χ0v) is 29.6. The molecule has 8 atom stereocenters. The van der Waals surface area contributed by atoms with Crippen molar-refractivity contribution in [1.29, 1.82) is 0 Å². The number of rotatable bonds is 9. The van der Waals surface area contributed by atoms with Crippen molar-refractivity contribution in [3.05, 3.63) is 108 Å². The van der Waals surface area contributed by atoms with Crippen LogP contribution in [0.4, 0.5) is 0 Å². The van der Waals surface area contributed by atoms with E-state index in [1.165, 1.54) is 32.9 Å². The van der Waals surface area contributed by atoms with Crippen LogP contribution in [0.2, 0.25) is 0 Å². The molecule has 3 aliphatic rings. The van der Waals surface area contributed by atoms with E-state index in [0.717, 1.165) is 0 Å². The van der Waals surface area contributed by atoms with Gasteiger partial charge in [-0.3, -0.25) is 9.59 Å². The summed E-state index contributed by atoms with van der Waals surface area (Å²) < 4.78 is 37.7. The van der Waals surface area contributed by atoms with E-state index in [1.54, 1.807) is 92.7 Å². The second-order valence-corrected chi connectivity index (χ2v) is 14.4. The maximum absolute atomic E-state index is 14.1. The summed E-state index contributed by atoms with van der Waals surface area (Å²) in [6.45, 7) is 6.66. The standard InChI is InChI=1S/C40H42O12/c1-24(41)47-23-39-31(50-35(44)27-17-11-7-12-18-27)21-29-32(48-25(2)42)40(39,52-37(29,3)4)38(5,46)22-30(49-34(43)26-15-9-6-10-16-26)33(39)51-36(45)28-19-13-8-14-20-28/h6-20,29-33,46H,21-23H2,1-5H3. The number of hydrogen-bond acceptors (Lipinski definition) is 12. The molecule has 2 saturated carbocycles. The third-order valence-corrected chi connectivity index (χ3v) is 10.6. The summed E-state index contributed by atoms with van der Waals surface area (Å²) in [4.78, 5) is 67.4. The van der Waals surface area contributed by atoms with Gasteiger partial charge >= 0.3 is 29.8 Å². The van der Waals surface area contributed by atoms with Gasteiger partial charge in [0.2, 0.25) is 0 Å². The van der Waals surface area contributed by atoms with Gasteiger partial charge in [0.1, 0.15) is 30.3 Å². The first-order valence-corrected chi connectivity index (χ1v) is 17.1. The van der Waals surface area contributed by atoms with E-state index >= 15 is 0 Å². The molecule has 1 heterocycles. The smallest absolute Gasteiger partial charge is 0.338 e. The van der Waals surface area contributed by atoms with Crippen LogP contribution in [0.15, 0.2) is 91.0 Å². The first-order valence-electron chi connectivity index (χ1n) is 17.1. The van der Waals surface area contributed by atoms with Gasteiger partial charge in [0.25, 0.3) is 0 Å². The first-order chi connectivity index (χ1) is 24.6. The molecule has 12 nitrogen and oxygen atoms in total. The van der Waals surface area contributed by atoms with Crippen molar-refractivity contribution in [2.24, 2.45) is 11.3 Å².